The Bertz CT molecular complexity index is 4860. The standard InChI is InChI=1S/C49H50ClN5O7S.C38H41ClN4O6/c1-3-11-39(44(60-2)46(57)51-32-20-21-32)52-45(56)42-25-49(24-41(54-62-49)29-12-10-13-31(50)22-29)28-55(42)47(58)40(23-30-27-63-43-19-9-8-14-33(30)43)53-48(59)61-26-38-36-17-6-4-15-34(36)35-16-5-7-18-37(35)38;1-3-9-31(34(47-2)36(45)40-25-16-17-25)41-35(44)33-20-38(19-32(42-49-38)23-10-8-11-24(39)18-23)22-43(33)37(46)48-21-30-28-14-6-4-12-26(28)27-13-5-7-15-29(27)30/h4-10,12-19,22,27,32,38-40,42,44H,3,11,20-21,23-26,28H2,1-2H3,(H,51,57)(H,52,56)(H,53,59);4-8,10-15,18,25,30-31,33-34H,3,9,16-17,19-22H2,1-2H3,(H,40,45)(H,41,44)/t39-,40+,42+,44?,49-;31-,33+,34?,38-/m11/s1. The summed E-state index contributed by atoms with van der Waals surface area (Å²) in [5.41, 5.74) is 10.6. The molecule has 1 aromatic heterocycles. The summed E-state index contributed by atoms with van der Waals surface area (Å²) >= 11 is 14.2. The van der Waals surface area contributed by atoms with Gasteiger partial charge in [-0.25, -0.2) is 9.59 Å². The summed E-state index contributed by atoms with van der Waals surface area (Å²) in [6, 6.07) is 51.0. The maximum absolute atomic E-state index is 15.3. The first-order valence-corrected chi connectivity index (χ1v) is 40.3. The lowest BCUT2D eigenvalue weighted by Gasteiger charge is -2.31. The summed E-state index contributed by atoms with van der Waals surface area (Å²) in [5, 5.41) is 28.1. The maximum Gasteiger partial charge on any atom is 0.410 e. The number of hydrogen-bond acceptors (Lipinski definition) is 16. The van der Waals surface area contributed by atoms with Gasteiger partial charge < -0.3 is 60.1 Å². The Hall–Kier alpha value is -10.2. The Balaban J connectivity index is 0.000000183. The third kappa shape index (κ3) is 16.7. The Morgan fingerprint density at radius 2 is 0.982 bits per heavy atom. The maximum atomic E-state index is 15.3. The molecule has 112 heavy (non-hydrogen) atoms. The zero-order chi connectivity index (χ0) is 77.8. The van der Waals surface area contributed by atoms with E-state index in [1.165, 1.54) is 24.0 Å². The molecule has 4 aliphatic heterocycles. The number of benzene rings is 7. The van der Waals surface area contributed by atoms with Gasteiger partial charge in [-0.1, -0.05) is 200 Å². The number of oxime groups is 2. The van der Waals surface area contributed by atoms with Gasteiger partial charge in [0.1, 0.15) is 31.3 Å². The van der Waals surface area contributed by atoms with Crippen molar-refractivity contribution in [3.05, 3.63) is 224 Å². The van der Waals surface area contributed by atoms with E-state index >= 15 is 4.79 Å². The fraction of sp³-hybridized carbons (Fsp3) is 0.391. The van der Waals surface area contributed by atoms with Crippen LogP contribution in [0.4, 0.5) is 9.59 Å². The molecule has 2 saturated heterocycles. The second-order valence-corrected chi connectivity index (χ2v) is 32.3. The number of nitrogens with zero attached hydrogens (tertiary/aromatic N) is 4. The van der Waals surface area contributed by atoms with E-state index in [1.807, 2.05) is 122 Å². The van der Waals surface area contributed by atoms with E-state index in [0.717, 1.165) is 97.0 Å². The summed E-state index contributed by atoms with van der Waals surface area (Å²) in [6.45, 7) is 4.24. The highest BCUT2D eigenvalue weighted by Gasteiger charge is 2.57. The molecule has 25 heteroatoms. The first-order valence-electron chi connectivity index (χ1n) is 38.7. The molecular weight excluding hydrogens is 1480 g/mol. The predicted molar refractivity (Wildman–Crippen MR) is 428 cm³/mol. The molecule has 2 saturated carbocycles. The van der Waals surface area contributed by atoms with Gasteiger partial charge in [-0.3, -0.25) is 28.9 Å². The number of rotatable bonds is 26. The van der Waals surface area contributed by atoms with Crippen LogP contribution in [0.25, 0.3) is 32.3 Å². The van der Waals surface area contributed by atoms with Crippen LogP contribution in [0.2, 0.25) is 10.0 Å². The van der Waals surface area contributed by atoms with Crippen LogP contribution in [0, 0.1) is 0 Å². The minimum absolute atomic E-state index is 0.0130. The van der Waals surface area contributed by atoms with Gasteiger partial charge in [0.05, 0.1) is 36.6 Å². The van der Waals surface area contributed by atoms with Gasteiger partial charge >= 0.3 is 12.2 Å². The van der Waals surface area contributed by atoms with Crippen LogP contribution in [-0.2, 0) is 59.0 Å². The molecule has 9 atom stereocenters. The van der Waals surface area contributed by atoms with Crippen LogP contribution < -0.4 is 26.6 Å². The number of carbonyl (C=O) groups is 7. The zero-order valence-electron chi connectivity index (χ0n) is 62.9. The van der Waals surface area contributed by atoms with Gasteiger partial charge in [0.2, 0.25) is 17.7 Å². The molecular formula is C87H91Cl2N9O13S. The number of methoxy groups -OCH3 is 2. The van der Waals surface area contributed by atoms with E-state index in [-0.39, 0.29) is 81.3 Å². The molecule has 22 nitrogen and oxygen atoms in total. The molecule has 5 N–H and O–H groups in total. The number of fused-ring (bicyclic) bond motifs is 7. The second-order valence-electron chi connectivity index (χ2n) is 30.5. The van der Waals surface area contributed by atoms with E-state index in [9.17, 15) is 28.8 Å². The monoisotopic (exact) mass is 1570 g/mol. The second kappa shape index (κ2) is 33.6. The normalized spacial score (nSPS) is 21.1. The minimum atomic E-state index is -1.12. The number of nitrogens with one attached hydrogen (secondary N) is 5. The minimum Gasteiger partial charge on any atom is -0.449 e. The molecule has 4 aliphatic carbocycles. The Morgan fingerprint density at radius 3 is 1.44 bits per heavy atom. The lowest BCUT2D eigenvalue weighted by molar-refractivity contribution is -0.142. The molecule has 7 amide bonds. The first kappa shape index (κ1) is 77.2. The third-order valence-corrected chi connectivity index (χ3v) is 24.1. The van der Waals surface area contributed by atoms with E-state index in [0.29, 0.717) is 60.0 Å². The molecule has 0 bridgehead atoms. The molecule has 4 fully saturated rings. The average molecular weight is 1570 g/mol. The van der Waals surface area contributed by atoms with Gasteiger partial charge in [-0.15, -0.1) is 11.3 Å². The molecule has 2 unspecified atom stereocenters. The van der Waals surface area contributed by atoms with Gasteiger partial charge in [0, 0.05) is 96.1 Å². The zero-order valence-corrected chi connectivity index (χ0v) is 65.2. The highest BCUT2D eigenvalue weighted by atomic mass is 35.5. The Kier molecular flexibility index (Phi) is 23.2. The largest absolute Gasteiger partial charge is 0.449 e. The molecule has 5 heterocycles. The summed E-state index contributed by atoms with van der Waals surface area (Å²) in [7, 11) is 2.93. The highest BCUT2D eigenvalue weighted by molar-refractivity contribution is 7.17. The van der Waals surface area contributed by atoms with Crippen LogP contribution in [0.15, 0.2) is 186 Å². The van der Waals surface area contributed by atoms with Crippen LogP contribution in [-0.4, -0.2) is 169 Å². The number of alkyl carbamates (subject to hydrolysis) is 1. The number of ether oxygens (including phenoxy) is 4. The third-order valence-electron chi connectivity index (χ3n) is 22.6. The van der Waals surface area contributed by atoms with Crippen LogP contribution in [0.5, 0.6) is 0 Å². The van der Waals surface area contributed by atoms with Crippen LogP contribution >= 0.6 is 34.5 Å². The van der Waals surface area contributed by atoms with Crippen molar-refractivity contribution in [2.45, 2.75) is 175 Å². The number of hydrogen-bond donors (Lipinski definition) is 5. The van der Waals surface area contributed by atoms with Gasteiger partial charge in [-0.05, 0) is 130 Å². The molecule has 0 radical (unpaired) electrons. The van der Waals surface area contributed by atoms with Crippen molar-refractivity contribution < 1.29 is 62.2 Å². The molecule has 582 valence electrons. The fourth-order valence-corrected chi connectivity index (χ4v) is 18.2. The smallest absolute Gasteiger partial charge is 0.410 e. The van der Waals surface area contributed by atoms with Gasteiger partial charge in [0.15, 0.2) is 23.4 Å². The number of amides is 7. The van der Waals surface area contributed by atoms with Crippen LogP contribution in [0.1, 0.15) is 142 Å². The summed E-state index contributed by atoms with van der Waals surface area (Å²) in [5.74, 6) is -2.19. The molecule has 16 rings (SSSR count). The van der Waals surface area contributed by atoms with Crippen molar-refractivity contribution in [2.75, 3.05) is 40.5 Å². The quantitative estimate of drug-likeness (QED) is 0.0338. The molecule has 8 aromatic rings. The Labute approximate surface area is 664 Å². The van der Waals surface area contributed by atoms with E-state index in [2.05, 4.69) is 85.4 Å². The van der Waals surface area contributed by atoms with Gasteiger partial charge in [-0.2, -0.15) is 0 Å². The topological polar surface area (TPSA) is 266 Å². The SMILES string of the molecule is CCC[C@@H](NC(=O)[C@@H]1C[C@]2(CC(c3cccc(Cl)c3)=NO2)CN1C(=O)OCC1c2ccccc2-c2ccccc21)C(OC)C(=O)NC1CC1.CCC[C@@H](NC(=O)[C@@H]1C[C@]2(CC(c3cccc(Cl)c3)=NO2)CN1C(=O)[C@H](Cc1csc2ccccc12)NC(=O)OCC1c2ccccc2-c2ccccc21)C(OC)C(=O)NC1CC1. The van der Waals surface area contributed by atoms with E-state index in [4.69, 9.17) is 51.8 Å². The summed E-state index contributed by atoms with van der Waals surface area (Å²) < 4.78 is 24.4. The van der Waals surface area contributed by atoms with Crippen molar-refractivity contribution >= 4 is 97.8 Å². The number of carbonyl (C=O) groups excluding carboxylic acids is 7. The van der Waals surface area contributed by atoms with E-state index in [1.54, 1.807) is 29.5 Å². The number of thiophene rings is 1. The lowest BCUT2D eigenvalue weighted by Crippen LogP contribution is -2.58. The first-order chi connectivity index (χ1) is 54.4. The fourth-order valence-electron chi connectivity index (χ4n) is 16.8. The number of likely N-dealkylation sites (tertiary alicyclic amines) is 2. The van der Waals surface area contributed by atoms with Crippen molar-refractivity contribution in [1.82, 2.24) is 36.4 Å². The van der Waals surface area contributed by atoms with Crippen molar-refractivity contribution in [3.8, 4) is 22.3 Å². The predicted octanol–water partition coefficient (Wildman–Crippen LogP) is 13.6. The van der Waals surface area contributed by atoms with Gasteiger partial charge in [0.25, 0.3) is 11.8 Å². The number of halogens is 2. The molecule has 8 aliphatic rings. The van der Waals surface area contributed by atoms with Crippen molar-refractivity contribution in [1.29, 1.82) is 0 Å². The van der Waals surface area contributed by atoms with Crippen molar-refractivity contribution in [2.24, 2.45) is 10.3 Å². The van der Waals surface area contributed by atoms with Crippen LogP contribution in [0.3, 0.4) is 0 Å². The summed E-state index contributed by atoms with van der Waals surface area (Å²) in [6.07, 6.45) is 4.01. The van der Waals surface area contributed by atoms with Crippen molar-refractivity contribution in [3.63, 3.8) is 0 Å². The molecule has 7 aromatic carbocycles. The van der Waals surface area contributed by atoms with E-state index < -0.39 is 83.5 Å². The lowest BCUT2D eigenvalue weighted by atomic mass is 9.91. The Morgan fingerprint density at radius 1 is 0.545 bits per heavy atom. The average Bonchev–Trinajstić information content (AvgIpc) is 1.61. The highest BCUT2D eigenvalue weighted by Crippen LogP contribution is 2.48. The summed E-state index contributed by atoms with van der Waals surface area (Å²) in [4.78, 5) is 114. The molecule has 2 spiro atoms.